The second-order valence-corrected chi connectivity index (χ2v) is 4.77. The van der Waals surface area contributed by atoms with Gasteiger partial charge in [-0.25, -0.2) is 0 Å². The fourth-order valence-electron chi connectivity index (χ4n) is 1.93. The molecule has 0 spiro atoms. The zero-order valence-corrected chi connectivity index (χ0v) is 11.5. The molecule has 1 aromatic rings. The van der Waals surface area contributed by atoms with Crippen LogP contribution in [0.2, 0.25) is 0 Å². The minimum atomic E-state index is -0.440. The van der Waals surface area contributed by atoms with E-state index in [1.807, 2.05) is 6.92 Å². The maximum atomic E-state index is 10.9. The molecule has 1 N–H and O–H groups in total. The van der Waals surface area contributed by atoms with E-state index in [4.69, 9.17) is 9.47 Å². The molecule has 2 heterocycles. The Morgan fingerprint density at radius 2 is 2.45 bits per heavy atom. The summed E-state index contributed by atoms with van der Waals surface area (Å²) in [6.07, 6.45) is 1.87. The van der Waals surface area contributed by atoms with E-state index >= 15 is 0 Å². The van der Waals surface area contributed by atoms with Crippen LogP contribution in [0.4, 0.5) is 11.5 Å². The SMILES string of the molecule is CCCNc1cc([N+](=O)[O-])cc(OCC2CCOC2)n1. The van der Waals surface area contributed by atoms with E-state index in [0.717, 1.165) is 19.4 Å². The topological polar surface area (TPSA) is 86.5 Å². The Morgan fingerprint density at radius 3 is 3.10 bits per heavy atom. The number of hydrogen-bond donors (Lipinski definition) is 1. The molecule has 0 amide bonds. The number of nitrogens with one attached hydrogen (secondary N) is 1. The Labute approximate surface area is 117 Å². The third kappa shape index (κ3) is 4.06. The Morgan fingerprint density at radius 1 is 1.60 bits per heavy atom. The average molecular weight is 281 g/mol. The highest BCUT2D eigenvalue weighted by Gasteiger charge is 2.18. The minimum absolute atomic E-state index is 0.0173. The molecule has 0 aromatic carbocycles. The van der Waals surface area contributed by atoms with Gasteiger partial charge < -0.3 is 14.8 Å². The number of nitro groups is 1. The van der Waals surface area contributed by atoms with E-state index < -0.39 is 4.92 Å². The normalized spacial score (nSPS) is 17.9. The number of nitrogens with zero attached hydrogens (tertiary/aromatic N) is 2. The molecule has 1 aliphatic rings. The molecule has 0 aliphatic carbocycles. The number of ether oxygens (including phenoxy) is 2. The molecule has 1 aromatic heterocycles. The largest absolute Gasteiger partial charge is 0.477 e. The molecule has 0 bridgehead atoms. The first-order valence-corrected chi connectivity index (χ1v) is 6.80. The third-order valence-corrected chi connectivity index (χ3v) is 3.04. The summed E-state index contributed by atoms with van der Waals surface area (Å²) in [7, 11) is 0. The third-order valence-electron chi connectivity index (χ3n) is 3.04. The van der Waals surface area contributed by atoms with Crippen LogP contribution in [0.3, 0.4) is 0 Å². The van der Waals surface area contributed by atoms with Crippen molar-refractivity contribution in [2.24, 2.45) is 5.92 Å². The fraction of sp³-hybridized carbons (Fsp3) is 0.615. The molecule has 7 heteroatoms. The van der Waals surface area contributed by atoms with Crippen LogP contribution in [0, 0.1) is 16.0 Å². The molecule has 1 unspecified atom stereocenters. The van der Waals surface area contributed by atoms with Gasteiger partial charge in [0.25, 0.3) is 5.69 Å². The van der Waals surface area contributed by atoms with Crippen LogP contribution in [0.5, 0.6) is 5.88 Å². The van der Waals surface area contributed by atoms with E-state index in [-0.39, 0.29) is 11.6 Å². The number of anilines is 1. The summed E-state index contributed by atoms with van der Waals surface area (Å²) in [5.41, 5.74) is -0.0173. The van der Waals surface area contributed by atoms with E-state index in [2.05, 4.69) is 10.3 Å². The van der Waals surface area contributed by atoms with Gasteiger partial charge in [0, 0.05) is 19.1 Å². The van der Waals surface area contributed by atoms with Gasteiger partial charge in [-0.1, -0.05) is 6.92 Å². The van der Waals surface area contributed by atoms with Crippen molar-refractivity contribution in [2.75, 3.05) is 31.7 Å². The van der Waals surface area contributed by atoms with Crippen molar-refractivity contribution in [1.82, 2.24) is 4.98 Å². The van der Waals surface area contributed by atoms with Crippen LogP contribution in [0.1, 0.15) is 19.8 Å². The van der Waals surface area contributed by atoms with Gasteiger partial charge in [0.1, 0.15) is 5.82 Å². The lowest BCUT2D eigenvalue weighted by Gasteiger charge is -2.11. The Balaban J connectivity index is 2.04. The van der Waals surface area contributed by atoms with E-state index in [0.29, 0.717) is 31.5 Å². The molecular formula is C13H19N3O4. The summed E-state index contributed by atoms with van der Waals surface area (Å²) < 4.78 is 10.8. The molecule has 2 rings (SSSR count). The smallest absolute Gasteiger partial charge is 0.278 e. The van der Waals surface area contributed by atoms with Crippen LogP contribution in [-0.4, -0.2) is 36.3 Å². The highest BCUT2D eigenvalue weighted by molar-refractivity contribution is 5.48. The van der Waals surface area contributed by atoms with Crippen LogP contribution >= 0.6 is 0 Å². The van der Waals surface area contributed by atoms with Gasteiger partial charge in [0.15, 0.2) is 0 Å². The first-order valence-electron chi connectivity index (χ1n) is 6.80. The first kappa shape index (κ1) is 14.5. The number of rotatable bonds is 7. The Bertz CT molecular complexity index is 461. The molecule has 1 saturated heterocycles. The molecule has 0 saturated carbocycles. The predicted octanol–water partition coefficient (Wildman–Crippen LogP) is 2.23. The number of pyridine rings is 1. The monoisotopic (exact) mass is 281 g/mol. The molecular weight excluding hydrogens is 262 g/mol. The first-order chi connectivity index (χ1) is 9.69. The van der Waals surface area contributed by atoms with E-state index in [1.165, 1.54) is 12.1 Å². The van der Waals surface area contributed by atoms with Crippen molar-refractivity contribution in [1.29, 1.82) is 0 Å². The Hall–Kier alpha value is -1.89. The number of aromatic nitrogens is 1. The van der Waals surface area contributed by atoms with Crippen molar-refractivity contribution in [3.63, 3.8) is 0 Å². The van der Waals surface area contributed by atoms with Crippen molar-refractivity contribution in [2.45, 2.75) is 19.8 Å². The summed E-state index contributed by atoms with van der Waals surface area (Å²) in [5.74, 6) is 1.09. The van der Waals surface area contributed by atoms with Crippen LogP contribution < -0.4 is 10.1 Å². The summed E-state index contributed by atoms with van der Waals surface area (Å²) in [4.78, 5) is 14.7. The molecule has 1 fully saturated rings. The van der Waals surface area contributed by atoms with Crippen molar-refractivity contribution >= 4 is 11.5 Å². The minimum Gasteiger partial charge on any atom is -0.477 e. The molecule has 110 valence electrons. The van der Waals surface area contributed by atoms with Gasteiger partial charge in [-0.05, 0) is 12.8 Å². The number of hydrogen-bond acceptors (Lipinski definition) is 6. The van der Waals surface area contributed by atoms with Gasteiger partial charge in [-0.15, -0.1) is 0 Å². The maximum Gasteiger partial charge on any atom is 0.278 e. The average Bonchev–Trinajstić information content (AvgIpc) is 2.96. The van der Waals surface area contributed by atoms with Gasteiger partial charge in [-0.3, -0.25) is 10.1 Å². The summed E-state index contributed by atoms with van der Waals surface area (Å²) >= 11 is 0. The molecule has 1 aliphatic heterocycles. The van der Waals surface area contributed by atoms with Gasteiger partial charge in [-0.2, -0.15) is 4.98 Å². The van der Waals surface area contributed by atoms with Gasteiger partial charge in [0.05, 0.1) is 30.3 Å². The van der Waals surface area contributed by atoms with Gasteiger partial charge >= 0.3 is 0 Å². The standard InChI is InChI=1S/C13H19N3O4/c1-2-4-14-12-6-11(16(17)18)7-13(15-12)20-9-10-3-5-19-8-10/h6-7,10H,2-5,8-9H2,1H3,(H,14,15). The summed E-state index contributed by atoms with van der Waals surface area (Å²) in [6.45, 7) is 4.63. The van der Waals surface area contributed by atoms with Crippen molar-refractivity contribution in [3.8, 4) is 5.88 Å². The van der Waals surface area contributed by atoms with Crippen molar-refractivity contribution < 1.29 is 14.4 Å². The van der Waals surface area contributed by atoms with E-state index in [1.54, 1.807) is 0 Å². The lowest BCUT2D eigenvalue weighted by atomic mass is 10.1. The highest BCUT2D eigenvalue weighted by Crippen LogP contribution is 2.23. The lowest BCUT2D eigenvalue weighted by molar-refractivity contribution is -0.384. The fourth-order valence-corrected chi connectivity index (χ4v) is 1.93. The zero-order chi connectivity index (χ0) is 14.4. The van der Waals surface area contributed by atoms with Gasteiger partial charge in [0.2, 0.25) is 5.88 Å². The summed E-state index contributed by atoms with van der Waals surface area (Å²) in [5, 5.41) is 14.0. The van der Waals surface area contributed by atoms with Crippen LogP contribution in [0.25, 0.3) is 0 Å². The Kier molecular flexibility index (Phi) is 5.11. The van der Waals surface area contributed by atoms with Crippen LogP contribution in [0.15, 0.2) is 12.1 Å². The molecule has 0 radical (unpaired) electrons. The molecule has 7 nitrogen and oxygen atoms in total. The molecule has 20 heavy (non-hydrogen) atoms. The highest BCUT2D eigenvalue weighted by atomic mass is 16.6. The molecule has 1 atom stereocenters. The predicted molar refractivity (Wildman–Crippen MR) is 74.1 cm³/mol. The van der Waals surface area contributed by atoms with Crippen LogP contribution in [-0.2, 0) is 4.74 Å². The summed E-state index contributed by atoms with van der Waals surface area (Å²) in [6, 6.07) is 2.77. The van der Waals surface area contributed by atoms with E-state index in [9.17, 15) is 10.1 Å². The van der Waals surface area contributed by atoms with Crippen molar-refractivity contribution in [3.05, 3.63) is 22.2 Å². The lowest BCUT2D eigenvalue weighted by Crippen LogP contribution is -2.13. The second-order valence-electron chi connectivity index (χ2n) is 4.77. The maximum absolute atomic E-state index is 10.9. The second kappa shape index (κ2) is 7.04. The zero-order valence-electron chi connectivity index (χ0n) is 11.5. The quantitative estimate of drug-likeness (QED) is 0.609.